The minimum absolute atomic E-state index is 0.101. The summed E-state index contributed by atoms with van der Waals surface area (Å²) in [6, 6.07) is 43.4. The second-order valence-electron chi connectivity index (χ2n) is 9.84. The first kappa shape index (κ1) is 21.2. The summed E-state index contributed by atoms with van der Waals surface area (Å²) in [5.41, 5.74) is 14.3. The van der Waals surface area contributed by atoms with Gasteiger partial charge in [-0.05, 0) is 70.6 Å². The van der Waals surface area contributed by atoms with E-state index in [-0.39, 0.29) is 6.85 Å². The fourth-order valence-corrected chi connectivity index (χ4v) is 6.12. The maximum atomic E-state index is 4.62. The number of nitrogens with zero attached hydrogens (tertiary/aromatic N) is 3. The highest BCUT2D eigenvalue weighted by Gasteiger charge is 2.42. The largest absolute Gasteiger partial charge is 0.376 e. The molecule has 0 N–H and O–H groups in total. The minimum Gasteiger partial charge on any atom is -0.376 e. The predicted octanol–water partition coefficient (Wildman–Crippen LogP) is 6.72. The monoisotopic (exact) mass is 483 g/mol. The van der Waals surface area contributed by atoms with Crippen molar-refractivity contribution in [3.05, 3.63) is 134 Å². The first-order valence-electron chi connectivity index (χ1n) is 13.0. The molecule has 0 atom stereocenters. The molecule has 176 valence electrons. The van der Waals surface area contributed by atoms with Gasteiger partial charge in [-0.3, -0.25) is 9.97 Å². The molecule has 4 heterocycles. The zero-order valence-corrected chi connectivity index (χ0v) is 20.6. The topological polar surface area (TPSA) is 29.0 Å². The molecule has 2 aliphatic rings. The van der Waals surface area contributed by atoms with Crippen LogP contribution in [0, 0.1) is 0 Å². The first-order chi connectivity index (χ1) is 18.9. The quantitative estimate of drug-likeness (QED) is 0.256. The summed E-state index contributed by atoms with van der Waals surface area (Å²) in [6.07, 6.45) is 3.71. The number of fused-ring (bicyclic) bond motifs is 11. The van der Waals surface area contributed by atoms with E-state index in [1.165, 1.54) is 44.6 Å². The number of hydrogen-bond acceptors (Lipinski definition) is 3. The summed E-state index contributed by atoms with van der Waals surface area (Å²) in [4.78, 5) is 11.8. The molecule has 4 heteroatoms. The van der Waals surface area contributed by atoms with Gasteiger partial charge in [-0.25, -0.2) is 0 Å². The molecule has 8 rings (SSSR count). The highest BCUT2D eigenvalue weighted by molar-refractivity contribution is 6.92. The predicted molar refractivity (Wildman–Crippen MR) is 157 cm³/mol. The van der Waals surface area contributed by atoms with E-state index >= 15 is 0 Å². The molecule has 0 amide bonds. The van der Waals surface area contributed by atoms with Crippen LogP contribution in [-0.4, -0.2) is 16.8 Å². The van der Waals surface area contributed by atoms with Crippen molar-refractivity contribution in [3.63, 3.8) is 0 Å². The van der Waals surface area contributed by atoms with Crippen LogP contribution in [0.1, 0.15) is 0 Å². The summed E-state index contributed by atoms with van der Waals surface area (Å²) in [6.45, 7) is 0.101. The van der Waals surface area contributed by atoms with Crippen LogP contribution in [0.15, 0.2) is 134 Å². The zero-order chi connectivity index (χ0) is 25.1. The molecular weight excluding hydrogens is 461 g/mol. The zero-order valence-electron chi connectivity index (χ0n) is 20.6. The van der Waals surface area contributed by atoms with Crippen molar-refractivity contribution < 1.29 is 0 Å². The Labute approximate surface area is 222 Å². The Bertz CT molecular complexity index is 1700. The van der Waals surface area contributed by atoms with E-state index in [4.69, 9.17) is 0 Å². The lowest BCUT2D eigenvalue weighted by molar-refractivity contribution is 1.31. The normalized spacial score (nSPS) is 12.6. The van der Waals surface area contributed by atoms with E-state index in [0.29, 0.717) is 0 Å². The fraction of sp³-hybridized carbons (Fsp3) is 0. The molecule has 6 aromatic rings. The third kappa shape index (κ3) is 3.10. The minimum atomic E-state index is 0.101. The number of aromatic nitrogens is 2. The van der Waals surface area contributed by atoms with Crippen LogP contribution in [-0.2, 0) is 0 Å². The van der Waals surface area contributed by atoms with Crippen LogP contribution in [0.5, 0.6) is 0 Å². The van der Waals surface area contributed by atoms with Gasteiger partial charge in [-0.2, -0.15) is 0 Å². The van der Waals surface area contributed by atoms with Gasteiger partial charge < -0.3 is 4.81 Å². The Morgan fingerprint density at radius 2 is 0.921 bits per heavy atom. The average Bonchev–Trinajstić information content (AvgIpc) is 3.01. The van der Waals surface area contributed by atoms with Gasteiger partial charge in [-0.1, -0.05) is 72.8 Å². The highest BCUT2D eigenvalue weighted by Crippen LogP contribution is 2.47. The van der Waals surface area contributed by atoms with Crippen molar-refractivity contribution in [1.82, 2.24) is 9.97 Å². The first-order valence-corrected chi connectivity index (χ1v) is 13.0. The van der Waals surface area contributed by atoms with Gasteiger partial charge in [0.15, 0.2) is 0 Å². The number of rotatable bonds is 2. The van der Waals surface area contributed by atoms with Crippen molar-refractivity contribution in [1.29, 1.82) is 0 Å². The van der Waals surface area contributed by atoms with Crippen molar-refractivity contribution in [2.75, 3.05) is 4.81 Å². The molecule has 0 saturated carbocycles. The van der Waals surface area contributed by atoms with Gasteiger partial charge in [-0.15, -0.1) is 0 Å². The number of pyridine rings is 2. The molecule has 38 heavy (non-hydrogen) atoms. The Morgan fingerprint density at radius 3 is 1.39 bits per heavy atom. The van der Waals surface area contributed by atoms with Gasteiger partial charge in [0.2, 0.25) is 0 Å². The standard InChI is InChI=1S/C34H22BN3/c1-3-11-29-25(9-1)27-21-23(31-13-5-7-19-36-31)15-17-33(27)38-34-18-16-24(32-14-6-8-20-37-32)22-28(34)26-10-2-4-12-30(26)35(29)38/h1-22H. The van der Waals surface area contributed by atoms with Crippen molar-refractivity contribution >= 4 is 29.1 Å². The summed E-state index contributed by atoms with van der Waals surface area (Å²) >= 11 is 0. The average molecular weight is 483 g/mol. The van der Waals surface area contributed by atoms with Crippen LogP contribution < -0.4 is 15.7 Å². The Balaban J connectivity index is 1.40. The lowest BCUT2D eigenvalue weighted by Gasteiger charge is -2.43. The third-order valence-corrected chi connectivity index (χ3v) is 7.78. The van der Waals surface area contributed by atoms with Crippen molar-refractivity contribution in [3.8, 4) is 44.8 Å². The molecule has 2 aromatic heterocycles. The fourth-order valence-electron chi connectivity index (χ4n) is 6.12. The van der Waals surface area contributed by atoms with Crippen LogP contribution in [0.3, 0.4) is 0 Å². The van der Waals surface area contributed by atoms with E-state index in [9.17, 15) is 0 Å². The molecule has 0 aliphatic carbocycles. The summed E-state index contributed by atoms with van der Waals surface area (Å²) in [5.74, 6) is 0. The van der Waals surface area contributed by atoms with E-state index in [2.05, 4.69) is 112 Å². The van der Waals surface area contributed by atoms with Gasteiger partial charge in [0.05, 0.1) is 11.4 Å². The van der Waals surface area contributed by atoms with Gasteiger partial charge in [0.25, 0.3) is 0 Å². The Kier molecular flexibility index (Phi) is 4.62. The molecule has 0 unspecified atom stereocenters. The number of hydrogen-bond donors (Lipinski definition) is 0. The number of benzene rings is 4. The second-order valence-corrected chi connectivity index (χ2v) is 9.84. The van der Waals surface area contributed by atoms with Gasteiger partial charge in [0, 0.05) is 46.0 Å². The lowest BCUT2D eigenvalue weighted by atomic mass is 9.43. The molecule has 4 aromatic carbocycles. The van der Waals surface area contributed by atoms with Crippen LogP contribution in [0.4, 0.5) is 11.4 Å². The molecule has 0 bridgehead atoms. The molecule has 0 fully saturated rings. The van der Waals surface area contributed by atoms with Crippen molar-refractivity contribution in [2.24, 2.45) is 0 Å². The maximum absolute atomic E-state index is 4.62. The number of anilines is 2. The van der Waals surface area contributed by atoms with Gasteiger partial charge >= 0.3 is 6.85 Å². The highest BCUT2D eigenvalue weighted by atomic mass is 15.1. The molecule has 3 nitrogen and oxygen atoms in total. The maximum Gasteiger partial charge on any atom is 0.329 e. The van der Waals surface area contributed by atoms with Gasteiger partial charge in [0.1, 0.15) is 0 Å². The van der Waals surface area contributed by atoms with Crippen molar-refractivity contribution in [2.45, 2.75) is 0 Å². The Hall–Kier alpha value is -4.96. The smallest absolute Gasteiger partial charge is 0.329 e. The Morgan fingerprint density at radius 1 is 0.447 bits per heavy atom. The van der Waals surface area contributed by atoms with E-state index in [0.717, 1.165) is 22.5 Å². The lowest BCUT2D eigenvalue weighted by Crippen LogP contribution is -2.59. The molecule has 0 spiro atoms. The van der Waals surface area contributed by atoms with Crippen LogP contribution in [0.25, 0.3) is 44.8 Å². The molecule has 0 radical (unpaired) electrons. The van der Waals surface area contributed by atoms with E-state index in [1.54, 1.807) is 0 Å². The SMILES string of the molecule is c1ccc(-c2ccc3c(c2)-c2ccccc2B2c4ccccc4-c4cc(-c5ccccn5)ccc4N23)nc1. The summed E-state index contributed by atoms with van der Waals surface area (Å²) in [5, 5.41) is 0. The molecule has 2 aliphatic heterocycles. The van der Waals surface area contributed by atoms with Crippen LogP contribution >= 0.6 is 0 Å². The summed E-state index contributed by atoms with van der Waals surface area (Å²) < 4.78 is 0. The van der Waals surface area contributed by atoms with E-state index < -0.39 is 0 Å². The molecular formula is C34H22BN3. The molecule has 0 saturated heterocycles. The van der Waals surface area contributed by atoms with E-state index in [1.807, 2.05) is 36.7 Å². The second kappa shape index (κ2) is 8.29. The summed E-state index contributed by atoms with van der Waals surface area (Å²) in [7, 11) is 0. The van der Waals surface area contributed by atoms with Crippen LogP contribution in [0.2, 0.25) is 0 Å². The third-order valence-electron chi connectivity index (χ3n) is 7.78.